The molecular weight excluding hydrogens is 414 g/mol. The number of fused-ring (bicyclic) bond motifs is 2. The van der Waals surface area contributed by atoms with Gasteiger partial charge in [-0.3, -0.25) is 4.79 Å². The third-order valence-corrected chi connectivity index (χ3v) is 5.45. The highest BCUT2D eigenvalue weighted by Crippen LogP contribution is 2.26. The van der Waals surface area contributed by atoms with Gasteiger partial charge in [0.05, 0.1) is 5.75 Å². The predicted octanol–water partition coefficient (Wildman–Crippen LogP) is 4.73. The third-order valence-electron chi connectivity index (χ3n) is 4.63. The largest absolute Gasteiger partial charge is 0.423 e. The Labute approximate surface area is 180 Å². The molecule has 5 aromatic rings. The number of thioether (sulfide) groups is 1. The molecule has 0 saturated carbocycles. The van der Waals surface area contributed by atoms with Crippen LogP contribution in [0.2, 0.25) is 0 Å². The van der Waals surface area contributed by atoms with E-state index in [0.717, 1.165) is 33.5 Å². The molecule has 0 saturated heterocycles. The molecule has 3 aromatic carbocycles. The van der Waals surface area contributed by atoms with E-state index in [1.807, 2.05) is 42.5 Å². The summed E-state index contributed by atoms with van der Waals surface area (Å²) in [7, 11) is 0. The fourth-order valence-corrected chi connectivity index (χ4v) is 3.74. The SMILES string of the molecule is O=C(CSc1nnc(-c2ccc3ccccc3c2)o1)Nc1ccc2oc(=O)ccc2c1. The Hall–Kier alpha value is -3.91. The fraction of sp³-hybridized carbons (Fsp3) is 0.0435. The van der Waals surface area contributed by atoms with E-state index >= 15 is 0 Å². The van der Waals surface area contributed by atoms with Gasteiger partial charge >= 0.3 is 5.63 Å². The van der Waals surface area contributed by atoms with Gasteiger partial charge < -0.3 is 14.2 Å². The van der Waals surface area contributed by atoms with E-state index in [1.165, 1.54) is 6.07 Å². The summed E-state index contributed by atoms with van der Waals surface area (Å²) in [5.74, 6) is 0.304. The van der Waals surface area contributed by atoms with Crippen molar-refractivity contribution in [1.82, 2.24) is 10.2 Å². The summed E-state index contributed by atoms with van der Waals surface area (Å²) in [6.45, 7) is 0. The molecule has 5 rings (SSSR count). The summed E-state index contributed by atoms with van der Waals surface area (Å²) in [5, 5.41) is 14.2. The normalized spacial score (nSPS) is 11.1. The Morgan fingerprint density at radius 2 is 1.71 bits per heavy atom. The van der Waals surface area contributed by atoms with Crippen LogP contribution in [0.4, 0.5) is 5.69 Å². The summed E-state index contributed by atoms with van der Waals surface area (Å²) in [6.07, 6.45) is 0. The number of amides is 1. The molecule has 0 atom stereocenters. The summed E-state index contributed by atoms with van der Waals surface area (Å²) >= 11 is 1.16. The number of carbonyl (C=O) groups excluding carboxylic acids is 1. The van der Waals surface area contributed by atoms with Gasteiger partial charge in [-0.15, -0.1) is 10.2 Å². The smallest absolute Gasteiger partial charge is 0.336 e. The molecule has 0 unspecified atom stereocenters. The molecule has 0 fully saturated rings. The second kappa shape index (κ2) is 8.08. The highest BCUT2D eigenvalue weighted by atomic mass is 32.2. The van der Waals surface area contributed by atoms with Crippen LogP contribution in [-0.2, 0) is 4.79 Å². The Kier molecular flexibility index (Phi) is 4.97. The van der Waals surface area contributed by atoms with Gasteiger partial charge in [-0.2, -0.15) is 0 Å². The lowest BCUT2D eigenvalue weighted by Crippen LogP contribution is -2.14. The first-order valence-electron chi connectivity index (χ1n) is 9.43. The van der Waals surface area contributed by atoms with E-state index in [1.54, 1.807) is 24.3 Å². The molecule has 152 valence electrons. The first-order valence-corrected chi connectivity index (χ1v) is 10.4. The molecule has 1 amide bonds. The average molecular weight is 429 g/mol. The Bertz CT molecular complexity index is 1470. The van der Waals surface area contributed by atoms with Gasteiger partial charge in [0.15, 0.2) is 0 Å². The number of hydrogen-bond acceptors (Lipinski definition) is 7. The topological polar surface area (TPSA) is 98.2 Å². The van der Waals surface area contributed by atoms with Crippen LogP contribution in [0.15, 0.2) is 91.6 Å². The van der Waals surface area contributed by atoms with Crippen molar-refractivity contribution in [3.63, 3.8) is 0 Å². The zero-order valence-electron chi connectivity index (χ0n) is 16.1. The first kappa shape index (κ1) is 19.1. The van der Waals surface area contributed by atoms with Crippen LogP contribution in [0.5, 0.6) is 0 Å². The van der Waals surface area contributed by atoms with Gasteiger partial charge in [-0.05, 0) is 47.2 Å². The molecule has 2 aromatic heterocycles. The summed E-state index contributed by atoms with van der Waals surface area (Å²) in [6, 6.07) is 22.0. The lowest BCUT2D eigenvalue weighted by molar-refractivity contribution is -0.113. The van der Waals surface area contributed by atoms with Crippen molar-refractivity contribution in [2.45, 2.75) is 5.22 Å². The van der Waals surface area contributed by atoms with E-state index in [0.29, 0.717) is 22.4 Å². The quantitative estimate of drug-likeness (QED) is 0.319. The highest BCUT2D eigenvalue weighted by Gasteiger charge is 2.12. The number of nitrogens with zero attached hydrogens (tertiary/aromatic N) is 2. The lowest BCUT2D eigenvalue weighted by Gasteiger charge is -2.05. The van der Waals surface area contributed by atoms with Crippen LogP contribution in [0.1, 0.15) is 0 Å². The lowest BCUT2D eigenvalue weighted by atomic mass is 10.1. The van der Waals surface area contributed by atoms with Crippen molar-refractivity contribution in [1.29, 1.82) is 0 Å². The highest BCUT2D eigenvalue weighted by molar-refractivity contribution is 7.99. The number of rotatable bonds is 5. The maximum Gasteiger partial charge on any atom is 0.336 e. The van der Waals surface area contributed by atoms with Crippen molar-refractivity contribution in [2.75, 3.05) is 11.1 Å². The molecule has 0 aliphatic rings. The van der Waals surface area contributed by atoms with E-state index in [9.17, 15) is 9.59 Å². The third kappa shape index (κ3) is 4.19. The van der Waals surface area contributed by atoms with Crippen molar-refractivity contribution in [3.8, 4) is 11.5 Å². The van der Waals surface area contributed by atoms with Gasteiger partial charge in [-0.1, -0.05) is 42.1 Å². The molecule has 0 bridgehead atoms. The zero-order chi connectivity index (χ0) is 21.2. The summed E-state index contributed by atoms with van der Waals surface area (Å²) < 4.78 is 10.8. The van der Waals surface area contributed by atoms with Gasteiger partial charge in [0, 0.05) is 22.7 Å². The minimum absolute atomic E-state index is 0.112. The molecule has 0 aliphatic heterocycles. The predicted molar refractivity (Wildman–Crippen MR) is 119 cm³/mol. The fourth-order valence-electron chi connectivity index (χ4n) is 3.18. The Morgan fingerprint density at radius 1 is 0.871 bits per heavy atom. The van der Waals surface area contributed by atoms with Crippen molar-refractivity contribution in [3.05, 3.63) is 83.2 Å². The van der Waals surface area contributed by atoms with Gasteiger partial charge in [0.25, 0.3) is 5.22 Å². The molecule has 7 nitrogen and oxygen atoms in total. The first-order chi connectivity index (χ1) is 15.1. The second-order valence-corrected chi connectivity index (χ2v) is 7.71. The summed E-state index contributed by atoms with van der Waals surface area (Å²) in [5.41, 5.74) is 1.48. The standard InChI is InChI=1S/C23H15N3O4S/c27-20(24-18-8-9-19-16(12-18)7-10-21(28)29-19)13-31-23-26-25-22(30-23)17-6-5-14-3-1-2-4-15(14)11-17/h1-12H,13H2,(H,24,27). The van der Waals surface area contributed by atoms with Crippen LogP contribution in [0.25, 0.3) is 33.2 Å². The number of anilines is 1. The van der Waals surface area contributed by atoms with E-state index in [2.05, 4.69) is 15.5 Å². The van der Waals surface area contributed by atoms with Crippen molar-refractivity contribution in [2.24, 2.45) is 0 Å². The number of hydrogen-bond donors (Lipinski definition) is 1. The zero-order valence-corrected chi connectivity index (χ0v) is 16.9. The maximum absolute atomic E-state index is 12.3. The maximum atomic E-state index is 12.3. The number of aromatic nitrogens is 2. The Balaban J connectivity index is 1.24. The van der Waals surface area contributed by atoms with Crippen LogP contribution >= 0.6 is 11.8 Å². The number of benzene rings is 3. The van der Waals surface area contributed by atoms with Crippen molar-refractivity contribution < 1.29 is 13.6 Å². The molecule has 8 heteroatoms. The van der Waals surface area contributed by atoms with Gasteiger partial charge in [0.2, 0.25) is 11.8 Å². The second-order valence-electron chi connectivity index (χ2n) is 6.78. The van der Waals surface area contributed by atoms with Crippen LogP contribution < -0.4 is 10.9 Å². The number of carbonyl (C=O) groups is 1. The van der Waals surface area contributed by atoms with Gasteiger partial charge in [-0.25, -0.2) is 4.79 Å². The molecule has 0 radical (unpaired) electrons. The molecule has 31 heavy (non-hydrogen) atoms. The van der Waals surface area contributed by atoms with Crippen LogP contribution in [0, 0.1) is 0 Å². The minimum atomic E-state index is -0.414. The molecule has 2 heterocycles. The van der Waals surface area contributed by atoms with E-state index < -0.39 is 5.63 Å². The van der Waals surface area contributed by atoms with Crippen LogP contribution in [-0.4, -0.2) is 21.9 Å². The Morgan fingerprint density at radius 3 is 2.61 bits per heavy atom. The van der Waals surface area contributed by atoms with E-state index in [-0.39, 0.29) is 11.7 Å². The monoisotopic (exact) mass is 429 g/mol. The molecule has 1 N–H and O–H groups in total. The van der Waals surface area contributed by atoms with Crippen LogP contribution in [0.3, 0.4) is 0 Å². The number of nitrogens with one attached hydrogen (secondary N) is 1. The van der Waals surface area contributed by atoms with Gasteiger partial charge in [0.1, 0.15) is 5.58 Å². The molecule has 0 aliphatic carbocycles. The minimum Gasteiger partial charge on any atom is -0.423 e. The molecular formula is C23H15N3O4S. The van der Waals surface area contributed by atoms with E-state index in [4.69, 9.17) is 8.83 Å². The average Bonchev–Trinajstić information content (AvgIpc) is 3.27. The van der Waals surface area contributed by atoms with Crippen molar-refractivity contribution >= 4 is 45.1 Å². The molecule has 0 spiro atoms. The summed E-state index contributed by atoms with van der Waals surface area (Å²) in [4.78, 5) is 23.6.